The van der Waals surface area contributed by atoms with E-state index in [4.69, 9.17) is 9.90 Å². The van der Waals surface area contributed by atoms with Gasteiger partial charge in [-0.15, -0.1) is 0 Å². The minimum atomic E-state index is 0.294. The molecular formula is C5H12BrNO2. The van der Waals surface area contributed by atoms with Crippen LogP contribution in [0.15, 0.2) is 0 Å². The number of halogens is 1. The van der Waals surface area contributed by atoms with Crippen molar-refractivity contribution < 1.29 is 14.8 Å². The summed E-state index contributed by atoms with van der Waals surface area (Å²) in [5, 5.41) is 9.53. The average Bonchev–Trinajstić information content (AvgIpc) is 1.67. The molecule has 0 aliphatic heterocycles. The fourth-order valence-electron chi connectivity index (χ4n) is 0.224. The van der Waals surface area contributed by atoms with Crippen LogP contribution in [0.5, 0.6) is 0 Å². The Morgan fingerprint density at radius 3 is 2.00 bits per heavy atom. The van der Waals surface area contributed by atoms with Gasteiger partial charge in [0.2, 0.25) is 0 Å². The molecule has 0 atom stereocenters. The SMILES string of the molecule is C[NH+](C)CCO.O=[C-]Br. The van der Waals surface area contributed by atoms with Crippen molar-refractivity contribution >= 4 is 21.1 Å². The van der Waals surface area contributed by atoms with Crippen LogP contribution in [0.3, 0.4) is 0 Å². The maximum absolute atomic E-state index is 8.60. The number of hydrogen-bond donors (Lipinski definition) is 2. The minimum Gasteiger partial charge on any atom is -0.530 e. The molecule has 0 aliphatic carbocycles. The Bertz CT molecular complexity index is 58.9. The second-order valence-electron chi connectivity index (χ2n) is 1.76. The first-order chi connectivity index (χ1) is 4.18. The first-order valence-electron chi connectivity index (χ1n) is 2.56. The second-order valence-corrected chi connectivity index (χ2v) is 2.08. The van der Waals surface area contributed by atoms with Crippen LogP contribution in [0, 0.1) is 0 Å². The summed E-state index contributed by atoms with van der Waals surface area (Å²) in [5.74, 6) is 0. The molecule has 0 saturated heterocycles. The van der Waals surface area contributed by atoms with E-state index < -0.39 is 0 Å². The highest BCUT2D eigenvalue weighted by atomic mass is 79.9. The predicted octanol–water partition coefficient (Wildman–Crippen LogP) is -1.43. The molecule has 0 bridgehead atoms. The van der Waals surface area contributed by atoms with E-state index >= 15 is 0 Å². The lowest BCUT2D eigenvalue weighted by molar-refractivity contribution is -0.858. The number of quaternary nitrogens is 1. The Morgan fingerprint density at radius 2 is 2.00 bits per heavy atom. The molecule has 0 fully saturated rings. The van der Waals surface area contributed by atoms with Crippen LogP contribution < -0.4 is 4.90 Å². The summed E-state index contributed by atoms with van der Waals surface area (Å²) >= 11 is 2.34. The minimum absolute atomic E-state index is 0.294. The molecule has 0 aromatic heterocycles. The van der Waals surface area contributed by atoms with Gasteiger partial charge >= 0.3 is 0 Å². The Kier molecular flexibility index (Phi) is 14.4. The number of rotatable bonds is 2. The number of hydrogen-bond acceptors (Lipinski definition) is 2. The monoisotopic (exact) mass is 197 g/mol. The molecule has 4 heteroatoms. The van der Waals surface area contributed by atoms with Gasteiger partial charge in [-0.2, -0.15) is 5.20 Å². The van der Waals surface area contributed by atoms with E-state index in [1.165, 1.54) is 10.1 Å². The molecular weight excluding hydrogens is 186 g/mol. The summed E-state index contributed by atoms with van der Waals surface area (Å²) in [7, 11) is 4.02. The lowest BCUT2D eigenvalue weighted by Gasteiger charge is -2.00. The van der Waals surface area contributed by atoms with Gasteiger partial charge in [-0.05, 0) is 0 Å². The highest BCUT2D eigenvalue weighted by molar-refractivity contribution is 9.17. The molecule has 0 amide bonds. The first-order valence-corrected chi connectivity index (χ1v) is 3.36. The smallest absolute Gasteiger partial charge is 0.100 e. The van der Waals surface area contributed by atoms with Crippen LogP contribution in [0.2, 0.25) is 0 Å². The van der Waals surface area contributed by atoms with Gasteiger partial charge in [-0.25, -0.2) is 0 Å². The van der Waals surface area contributed by atoms with Crippen LogP contribution in [0.25, 0.3) is 0 Å². The quantitative estimate of drug-likeness (QED) is 0.422. The molecule has 0 aromatic carbocycles. The third-order valence-corrected chi connectivity index (χ3v) is 0.612. The molecule has 0 radical (unpaired) electrons. The van der Waals surface area contributed by atoms with Crippen molar-refractivity contribution in [2.75, 3.05) is 27.2 Å². The van der Waals surface area contributed by atoms with Crippen molar-refractivity contribution in [2.45, 2.75) is 0 Å². The fraction of sp³-hybridized carbons (Fsp3) is 0.800. The number of aliphatic hydroxyl groups excluding tert-OH is 1. The van der Waals surface area contributed by atoms with Gasteiger partial charge in [0.1, 0.15) is 6.54 Å². The molecule has 0 spiro atoms. The third kappa shape index (κ3) is 31.5. The van der Waals surface area contributed by atoms with Gasteiger partial charge in [0, 0.05) is 0 Å². The third-order valence-electron chi connectivity index (χ3n) is 0.612. The van der Waals surface area contributed by atoms with Crippen LogP contribution in [-0.2, 0) is 4.79 Å². The second kappa shape index (κ2) is 10.9. The lowest BCUT2D eigenvalue weighted by atomic mass is 10.6. The number of likely N-dealkylation sites (N-methyl/N-ethyl adjacent to an activating group) is 1. The lowest BCUT2D eigenvalue weighted by Crippen LogP contribution is -3.06. The van der Waals surface area contributed by atoms with Gasteiger partial charge < -0.3 is 14.8 Å². The summed E-state index contributed by atoms with van der Waals surface area (Å²) < 4.78 is 0. The topological polar surface area (TPSA) is 41.7 Å². The highest BCUT2D eigenvalue weighted by Gasteiger charge is 1.84. The van der Waals surface area contributed by atoms with Crippen LogP contribution in [0.4, 0.5) is 0 Å². The summed E-state index contributed by atoms with van der Waals surface area (Å²) in [6.45, 7) is 1.14. The van der Waals surface area contributed by atoms with Crippen LogP contribution in [0.1, 0.15) is 0 Å². The molecule has 56 valence electrons. The Balaban J connectivity index is 0. The molecule has 0 rings (SSSR count). The Labute approximate surface area is 63.8 Å². The number of carbonyl (C=O) groups excluding carboxylic acids is 1. The van der Waals surface area contributed by atoms with Gasteiger partial charge in [-0.3, -0.25) is 15.9 Å². The van der Waals surface area contributed by atoms with E-state index in [1.54, 1.807) is 0 Å². The molecule has 0 saturated carbocycles. The van der Waals surface area contributed by atoms with Crippen molar-refractivity contribution in [3.05, 3.63) is 0 Å². The predicted molar refractivity (Wildman–Crippen MR) is 39.4 cm³/mol. The van der Waals surface area contributed by atoms with Crippen molar-refractivity contribution in [1.29, 1.82) is 0 Å². The van der Waals surface area contributed by atoms with E-state index in [0.29, 0.717) is 6.61 Å². The van der Waals surface area contributed by atoms with Gasteiger partial charge in [0.25, 0.3) is 0 Å². The van der Waals surface area contributed by atoms with E-state index in [1.807, 2.05) is 14.1 Å². The maximum Gasteiger partial charge on any atom is 0.100 e. The fourth-order valence-corrected chi connectivity index (χ4v) is 0.224. The molecule has 2 N–H and O–H groups in total. The summed E-state index contributed by atoms with van der Waals surface area (Å²) in [6.07, 6.45) is 0. The zero-order valence-corrected chi connectivity index (χ0v) is 7.23. The van der Waals surface area contributed by atoms with Crippen LogP contribution in [-0.4, -0.2) is 37.5 Å². The largest absolute Gasteiger partial charge is 0.530 e. The van der Waals surface area contributed by atoms with Gasteiger partial charge in [0.15, 0.2) is 0 Å². The zero-order valence-electron chi connectivity index (χ0n) is 5.65. The maximum atomic E-state index is 8.60. The van der Waals surface area contributed by atoms with E-state index in [0.717, 1.165) is 6.54 Å². The molecule has 0 aromatic rings. The molecule has 3 nitrogen and oxygen atoms in total. The Morgan fingerprint density at radius 1 is 1.67 bits per heavy atom. The van der Waals surface area contributed by atoms with Gasteiger partial charge in [-0.1, -0.05) is 0 Å². The summed E-state index contributed by atoms with van der Waals surface area (Å²) in [5.41, 5.74) is 0. The molecule has 0 aliphatic rings. The molecule has 0 heterocycles. The summed E-state index contributed by atoms with van der Waals surface area (Å²) in [4.78, 5) is 9.89. The summed E-state index contributed by atoms with van der Waals surface area (Å²) in [6, 6.07) is 0. The highest BCUT2D eigenvalue weighted by Crippen LogP contribution is 1.52. The van der Waals surface area contributed by atoms with Crippen molar-refractivity contribution in [2.24, 2.45) is 0 Å². The Hall–Kier alpha value is 0.0700. The van der Waals surface area contributed by atoms with Crippen molar-refractivity contribution in [1.82, 2.24) is 0 Å². The van der Waals surface area contributed by atoms with Gasteiger partial charge in [0.05, 0.1) is 20.7 Å². The zero-order chi connectivity index (χ0) is 7.70. The normalized spacial score (nSPS) is 8.11. The number of aliphatic hydroxyl groups is 1. The van der Waals surface area contributed by atoms with Crippen molar-refractivity contribution in [3.8, 4) is 0 Å². The molecule has 9 heavy (non-hydrogen) atoms. The van der Waals surface area contributed by atoms with E-state index in [2.05, 4.69) is 15.9 Å². The number of nitrogens with one attached hydrogen (secondary N) is 1. The van der Waals surface area contributed by atoms with Crippen LogP contribution >= 0.6 is 15.9 Å². The molecule has 0 unspecified atom stereocenters. The van der Waals surface area contributed by atoms with E-state index in [9.17, 15) is 0 Å². The first kappa shape index (κ1) is 11.8. The standard InChI is InChI=1S/C4H11NO.CBrO/c1-5(2)3-4-6;2-1-3/h6H,3-4H2,1-2H3;/q;-1/p+1. The van der Waals surface area contributed by atoms with Crippen molar-refractivity contribution in [3.63, 3.8) is 0 Å². The van der Waals surface area contributed by atoms with E-state index in [-0.39, 0.29) is 0 Å². The average molecular weight is 198 g/mol.